The van der Waals surface area contributed by atoms with Crippen LogP contribution in [-0.4, -0.2) is 24.5 Å². The van der Waals surface area contributed by atoms with Crippen molar-refractivity contribution in [3.05, 3.63) is 35.9 Å². The lowest BCUT2D eigenvalue weighted by atomic mass is 9.47. The van der Waals surface area contributed by atoms with Gasteiger partial charge in [-0.1, -0.05) is 57.5 Å². The molecule has 3 nitrogen and oxygen atoms in total. The Hall–Kier alpha value is -1.35. The second-order valence-electron chi connectivity index (χ2n) is 11.3. The van der Waals surface area contributed by atoms with Gasteiger partial charge in [0.1, 0.15) is 0 Å². The quantitative estimate of drug-likeness (QED) is 0.735. The standard InChI is InChI=1S/C26H40N2O/c1-5-24(3)14-20-15-25(4,23(29)28-22-11-12-27-19(2)13-22)18-26(16-20,17-24)21-9-7-6-8-10-21/h6-10,19-20,22,27H,5,11-18H2,1-4H3,(H,28,29). The van der Waals surface area contributed by atoms with Gasteiger partial charge in [0.25, 0.3) is 0 Å². The number of hydrogen-bond donors (Lipinski definition) is 2. The van der Waals surface area contributed by atoms with Gasteiger partial charge in [0.2, 0.25) is 5.91 Å². The van der Waals surface area contributed by atoms with Crippen LogP contribution in [0, 0.1) is 16.7 Å². The van der Waals surface area contributed by atoms with E-state index in [9.17, 15) is 4.79 Å². The number of nitrogens with one attached hydrogen (secondary N) is 2. The van der Waals surface area contributed by atoms with Gasteiger partial charge in [-0.3, -0.25) is 4.79 Å². The predicted octanol–water partition coefficient (Wildman–Crippen LogP) is 5.20. The molecule has 1 heterocycles. The second kappa shape index (κ2) is 7.72. The van der Waals surface area contributed by atoms with Gasteiger partial charge in [-0.15, -0.1) is 0 Å². The van der Waals surface area contributed by atoms with Crippen molar-refractivity contribution in [2.45, 2.75) is 96.6 Å². The van der Waals surface area contributed by atoms with Crippen LogP contribution in [0.5, 0.6) is 0 Å². The van der Waals surface area contributed by atoms with Crippen LogP contribution in [0.25, 0.3) is 0 Å². The maximum Gasteiger partial charge on any atom is 0.226 e. The maximum absolute atomic E-state index is 13.6. The zero-order valence-corrected chi connectivity index (χ0v) is 18.9. The molecule has 1 aromatic carbocycles. The van der Waals surface area contributed by atoms with E-state index in [1.165, 1.54) is 31.2 Å². The normalized spacial score (nSPS) is 42.3. The summed E-state index contributed by atoms with van der Waals surface area (Å²) in [7, 11) is 0. The van der Waals surface area contributed by atoms with Crippen LogP contribution >= 0.6 is 0 Å². The number of rotatable bonds is 4. The minimum atomic E-state index is -0.262. The van der Waals surface area contributed by atoms with Gasteiger partial charge >= 0.3 is 0 Å². The molecule has 1 aliphatic heterocycles. The molecule has 2 saturated carbocycles. The summed E-state index contributed by atoms with van der Waals surface area (Å²) < 4.78 is 0. The summed E-state index contributed by atoms with van der Waals surface area (Å²) >= 11 is 0. The van der Waals surface area contributed by atoms with E-state index in [4.69, 9.17) is 0 Å². The Balaban J connectivity index is 1.61. The Morgan fingerprint density at radius 2 is 1.90 bits per heavy atom. The van der Waals surface area contributed by atoms with Crippen LogP contribution < -0.4 is 10.6 Å². The first-order valence-corrected chi connectivity index (χ1v) is 11.9. The van der Waals surface area contributed by atoms with E-state index >= 15 is 0 Å². The molecule has 3 aliphatic rings. The molecule has 29 heavy (non-hydrogen) atoms. The number of piperidine rings is 1. The van der Waals surface area contributed by atoms with E-state index in [0.717, 1.165) is 32.2 Å². The number of carbonyl (C=O) groups is 1. The number of carbonyl (C=O) groups excluding carboxylic acids is 1. The number of benzene rings is 1. The smallest absolute Gasteiger partial charge is 0.226 e. The largest absolute Gasteiger partial charge is 0.353 e. The monoisotopic (exact) mass is 396 g/mol. The highest BCUT2D eigenvalue weighted by Crippen LogP contribution is 2.61. The van der Waals surface area contributed by atoms with Gasteiger partial charge in [-0.2, -0.15) is 0 Å². The zero-order chi connectivity index (χ0) is 20.7. The van der Waals surface area contributed by atoms with Gasteiger partial charge in [-0.25, -0.2) is 0 Å². The Morgan fingerprint density at radius 1 is 1.14 bits per heavy atom. The van der Waals surface area contributed by atoms with Crippen molar-refractivity contribution >= 4 is 5.91 Å². The lowest BCUT2D eigenvalue weighted by Gasteiger charge is -2.58. The van der Waals surface area contributed by atoms with E-state index in [-0.39, 0.29) is 10.8 Å². The van der Waals surface area contributed by atoms with Gasteiger partial charge in [-0.05, 0) is 80.7 Å². The maximum atomic E-state index is 13.6. The highest BCUT2D eigenvalue weighted by Gasteiger charge is 2.56. The first-order valence-electron chi connectivity index (χ1n) is 11.9. The average molecular weight is 397 g/mol. The summed E-state index contributed by atoms with van der Waals surface area (Å²) in [5, 5.41) is 6.97. The molecule has 160 valence electrons. The minimum absolute atomic E-state index is 0.140. The number of amides is 1. The molecule has 0 spiro atoms. The van der Waals surface area contributed by atoms with E-state index in [0.29, 0.717) is 29.3 Å². The van der Waals surface area contributed by atoms with Crippen molar-refractivity contribution in [2.75, 3.05) is 6.54 Å². The van der Waals surface area contributed by atoms with Crippen LogP contribution in [0.15, 0.2) is 30.3 Å². The van der Waals surface area contributed by atoms with Crippen LogP contribution in [-0.2, 0) is 10.2 Å². The third-order valence-electron chi connectivity index (χ3n) is 8.44. The van der Waals surface area contributed by atoms with E-state index < -0.39 is 0 Å². The average Bonchev–Trinajstić information content (AvgIpc) is 2.67. The summed E-state index contributed by atoms with van der Waals surface area (Å²) in [5.41, 5.74) is 1.72. The Bertz CT molecular complexity index is 733. The van der Waals surface area contributed by atoms with Crippen LogP contribution in [0.3, 0.4) is 0 Å². The summed E-state index contributed by atoms with van der Waals surface area (Å²) in [5.74, 6) is 0.951. The molecule has 0 radical (unpaired) electrons. The molecule has 0 aromatic heterocycles. The molecule has 1 saturated heterocycles. The third-order valence-corrected chi connectivity index (χ3v) is 8.44. The molecule has 2 aliphatic carbocycles. The molecule has 3 heteroatoms. The summed E-state index contributed by atoms with van der Waals surface area (Å²) in [6.07, 6.45) is 9.09. The predicted molar refractivity (Wildman–Crippen MR) is 120 cm³/mol. The second-order valence-corrected chi connectivity index (χ2v) is 11.3. The molecular formula is C26H40N2O. The Morgan fingerprint density at radius 3 is 2.59 bits per heavy atom. The minimum Gasteiger partial charge on any atom is -0.353 e. The Kier molecular flexibility index (Phi) is 5.57. The molecule has 6 atom stereocenters. The molecule has 1 aromatic rings. The first-order chi connectivity index (χ1) is 13.8. The van der Waals surface area contributed by atoms with E-state index in [2.05, 4.69) is 68.7 Å². The highest BCUT2D eigenvalue weighted by molar-refractivity contribution is 5.83. The molecule has 3 fully saturated rings. The Labute approximate surface area is 177 Å². The van der Waals surface area contributed by atoms with Gasteiger partial charge < -0.3 is 10.6 Å². The van der Waals surface area contributed by atoms with Crippen molar-refractivity contribution < 1.29 is 4.79 Å². The topological polar surface area (TPSA) is 41.1 Å². The summed E-state index contributed by atoms with van der Waals surface area (Å²) in [4.78, 5) is 13.6. The first kappa shape index (κ1) is 20.9. The van der Waals surface area contributed by atoms with Crippen molar-refractivity contribution in [3.63, 3.8) is 0 Å². The van der Waals surface area contributed by atoms with Crippen molar-refractivity contribution in [3.8, 4) is 0 Å². The highest BCUT2D eigenvalue weighted by atomic mass is 16.2. The van der Waals surface area contributed by atoms with Crippen LogP contribution in [0.2, 0.25) is 0 Å². The number of fused-ring (bicyclic) bond motifs is 2. The van der Waals surface area contributed by atoms with Gasteiger partial charge in [0.15, 0.2) is 0 Å². The third kappa shape index (κ3) is 4.13. The van der Waals surface area contributed by atoms with E-state index in [1.54, 1.807) is 0 Å². The molecule has 6 unspecified atom stereocenters. The summed E-state index contributed by atoms with van der Waals surface area (Å²) in [6.45, 7) is 10.3. The fraction of sp³-hybridized carbons (Fsp3) is 0.731. The zero-order valence-electron chi connectivity index (χ0n) is 18.9. The van der Waals surface area contributed by atoms with Gasteiger partial charge in [0.05, 0.1) is 0 Å². The molecular weight excluding hydrogens is 356 g/mol. The lowest BCUT2D eigenvalue weighted by molar-refractivity contribution is -0.139. The van der Waals surface area contributed by atoms with Gasteiger partial charge in [0, 0.05) is 17.5 Å². The fourth-order valence-electron chi connectivity index (χ4n) is 7.20. The van der Waals surface area contributed by atoms with E-state index in [1.807, 2.05) is 0 Å². The molecule has 2 N–H and O–H groups in total. The van der Waals surface area contributed by atoms with Crippen molar-refractivity contribution in [1.82, 2.24) is 10.6 Å². The molecule has 2 bridgehead atoms. The van der Waals surface area contributed by atoms with Crippen molar-refractivity contribution in [2.24, 2.45) is 16.7 Å². The number of hydrogen-bond acceptors (Lipinski definition) is 2. The van der Waals surface area contributed by atoms with Crippen LogP contribution in [0.4, 0.5) is 0 Å². The fourth-order valence-corrected chi connectivity index (χ4v) is 7.20. The molecule has 1 amide bonds. The molecule has 4 rings (SSSR count). The summed E-state index contributed by atoms with van der Waals surface area (Å²) in [6, 6.07) is 11.9. The van der Waals surface area contributed by atoms with Crippen LogP contribution in [0.1, 0.15) is 84.6 Å². The van der Waals surface area contributed by atoms with Crippen molar-refractivity contribution in [1.29, 1.82) is 0 Å². The SMILES string of the molecule is CCC1(C)CC2CC(C)(C(=O)NC3CCNC(C)C3)CC(c3ccccc3)(C2)C1. The lowest BCUT2D eigenvalue weighted by Crippen LogP contribution is -2.56.